The lowest BCUT2D eigenvalue weighted by Crippen LogP contribution is -2.16. The fourth-order valence-electron chi connectivity index (χ4n) is 2.87. The van der Waals surface area contributed by atoms with E-state index < -0.39 is 10.8 Å². The number of hydrogen-bond acceptors (Lipinski definition) is 6. The molecule has 9 nitrogen and oxygen atoms in total. The van der Waals surface area contributed by atoms with E-state index in [0.29, 0.717) is 36.6 Å². The second-order valence-electron chi connectivity index (χ2n) is 6.13. The van der Waals surface area contributed by atoms with Crippen LogP contribution in [0.15, 0.2) is 42.5 Å². The molecular weight excluding hydrogens is 364 g/mol. The molecular formula is C19H20N4O5. The first-order valence-corrected chi connectivity index (χ1v) is 8.74. The number of anilines is 1. The highest BCUT2D eigenvalue weighted by Gasteiger charge is 2.17. The minimum atomic E-state index is -0.548. The topological polar surface area (TPSA) is 120 Å². The van der Waals surface area contributed by atoms with Crippen molar-refractivity contribution in [1.82, 2.24) is 9.55 Å². The normalized spacial score (nSPS) is 10.8. The van der Waals surface area contributed by atoms with Crippen molar-refractivity contribution in [1.29, 1.82) is 0 Å². The van der Waals surface area contributed by atoms with Crippen LogP contribution in [0.25, 0.3) is 11.0 Å². The van der Waals surface area contributed by atoms with Gasteiger partial charge in [-0.25, -0.2) is 4.98 Å². The third-order valence-corrected chi connectivity index (χ3v) is 4.29. The van der Waals surface area contributed by atoms with Crippen molar-refractivity contribution in [3.05, 3.63) is 58.1 Å². The monoisotopic (exact) mass is 384 g/mol. The number of unbranched alkanes of at least 4 members (excludes halogenated alkanes) is 1. The summed E-state index contributed by atoms with van der Waals surface area (Å²) in [5.74, 6) is 0.483. The Hall–Kier alpha value is -3.46. The van der Waals surface area contributed by atoms with Gasteiger partial charge in [0.1, 0.15) is 5.75 Å². The number of carbonyl (C=O) groups is 1. The molecule has 0 aliphatic carbocycles. The summed E-state index contributed by atoms with van der Waals surface area (Å²) in [6.07, 6.45) is 1.32. The van der Waals surface area contributed by atoms with E-state index in [1.54, 1.807) is 19.2 Å². The lowest BCUT2D eigenvalue weighted by atomic mass is 10.2. The fraction of sp³-hybridized carbons (Fsp3) is 0.263. The van der Waals surface area contributed by atoms with Crippen LogP contribution in [-0.4, -0.2) is 39.2 Å². The number of nitro benzene ring substituents is 1. The van der Waals surface area contributed by atoms with Gasteiger partial charge in [0.15, 0.2) is 0 Å². The van der Waals surface area contributed by atoms with Crippen LogP contribution in [0.3, 0.4) is 0 Å². The third-order valence-electron chi connectivity index (χ3n) is 4.29. The molecule has 0 aliphatic heterocycles. The van der Waals surface area contributed by atoms with E-state index in [1.807, 2.05) is 10.6 Å². The first-order valence-electron chi connectivity index (χ1n) is 8.74. The Kier molecular flexibility index (Phi) is 5.85. The number of carbonyl (C=O) groups excluding carboxylic acids is 1. The number of rotatable bonds is 8. The van der Waals surface area contributed by atoms with Gasteiger partial charge >= 0.3 is 0 Å². The van der Waals surface area contributed by atoms with E-state index in [2.05, 4.69) is 10.3 Å². The number of hydrogen-bond donors (Lipinski definition) is 2. The molecule has 0 saturated heterocycles. The quantitative estimate of drug-likeness (QED) is 0.350. The zero-order valence-corrected chi connectivity index (χ0v) is 15.3. The molecule has 0 saturated carbocycles. The number of fused-ring (bicyclic) bond motifs is 1. The van der Waals surface area contributed by atoms with Crippen molar-refractivity contribution in [2.45, 2.75) is 19.4 Å². The van der Waals surface area contributed by atoms with Crippen molar-refractivity contribution >= 4 is 28.6 Å². The number of non-ortho nitro benzene ring substituents is 1. The number of aromatic nitrogens is 2. The van der Waals surface area contributed by atoms with Gasteiger partial charge in [0.2, 0.25) is 5.95 Å². The Morgan fingerprint density at radius 2 is 2.11 bits per heavy atom. The van der Waals surface area contributed by atoms with Crippen LogP contribution in [0, 0.1) is 10.1 Å². The molecule has 1 aromatic heterocycles. The molecule has 28 heavy (non-hydrogen) atoms. The predicted octanol–water partition coefficient (Wildman–Crippen LogP) is 2.98. The average Bonchev–Trinajstić information content (AvgIpc) is 3.04. The molecule has 2 N–H and O–H groups in total. The van der Waals surface area contributed by atoms with Crippen LogP contribution in [0.4, 0.5) is 11.6 Å². The maximum Gasteiger partial charge on any atom is 0.270 e. The Morgan fingerprint density at radius 3 is 2.82 bits per heavy atom. The van der Waals surface area contributed by atoms with E-state index in [0.717, 1.165) is 5.52 Å². The van der Waals surface area contributed by atoms with E-state index in [-0.39, 0.29) is 17.9 Å². The molecule has 0 unspecified atom stereocenters. The Balaban J connectivity index is 1.94. The lowest BCUT2D eigenvalue weighted by Gasteiger charge is -2.10. The maximum absolute atomic E-state index is 12.6. The van der Waals surface area contributed by atoms with Crippen LogP contribution in [0.1, 0.15) is 23.2 Å². The second kappa shape index (κ2) is 8.49. The largest absolute Gasteiger partial charge is 0.497 e. The van der Waals surface area contributed by atoms with Crippen LogP contribution in [0.2, 0.25) is 0 Å². The second-order valence-corrected chi connectivity index (χ2v) is 6.13. The van der Waals surface area contributed by atoms with Crippen LogP contribution >= 0.6 is 0 Å². The SMILES string of the molecule is COc1ccc2c(c1)nc(NC(=O)c1cccc([N+](=O)[O-])c1)n2CCCCO. The molecule has 1 amide bonds. The average molecular weight is 384 g/mol. The maximum atomic E-state index is 12.6. The number of aliphatic hydroxyl groups is 1. The summed E-state index contributed by atoms with van der Waals surface area (Å²) in [4.78, 5) is 27.5. The van der Waals surface area contributed by atoms with Gasteiger partial charge in [-0.15, -0.1) is 0 Å². The zero-order chi connectivity index (χ0) is 20.1. The number of methoxy groups -OCH3 is 1. The molecule has 1 heterocycles. The fourth-order valence-corrected chi connectivity index (χ4v) is 2.87. The van der Waals surface area contributed by atoms with Gasteiger partial charge in [0.25, 0.3) is 11.6 Å². The number of imidazole rings is 1. The number of nitro groups is 1. The number of ether oxygens (including phenoxy) is 1. The summed E-state index contributed by atoms with van der Waals surface area (Å²) in [7, 11) is 1.56. The van der Waals surface area contributed by atoms with Crippen molar-refractivity contribution < 1.29 is 19.6 Å². The minimum absolute atomic E-state index is 0.0792. The van der Waals surface area contributed by atoms with Gasteiger partial charge in [0.05, 0.1) is 23.1 Å². The number of nitrogens with zero attached hydrogens (tertiary/aromatic N) is 3. The predicted molar refractivity (Wildman–Crippen MR) is 104 cm³/mol. The Morgan fingerprint density at radius 1 is 1.29 bits per heavy atom. The Labute approximate surface area is 160 Å². The molecule has 0 aliphatic rings. The van der Waals surface area contributed by atoms with E-state index in [1.165, 1.54) is 24.3 Å². The van der Waals surface area contributed by atoms with Gasteiger partial charge < -0.3 is 14.4 Å². The first kappa shape index (κ1) is 19.3. The Bertz CT molecular complexity index is 1010. The molecule has 3 rings (SSSR count). The molecule has 9 heteroatoms. The van der Waals surface area contributed by atoms with E-state index in [4.69, 9.17) is 9.84 Å². The minimum Gasteiger partial charge on any atom is -0.497 e. The molecule has 0 fully saturated rings. The van der Waals surface area contributed by atoms with E-state index in [9.17, 15) is 14.9 Å². The first-order chi connectivity index (χ1) is 13.5. The molecule has 3 aromatic rings. The highest BCUT2D eigenvalue weighted by Crippen LogP contribution is 2.25. The van der Waals surface area contributed by atoms with Crippen LogP contribution < -0.4 is 10.1 Å². The highest BCUT2D eigenvalue weighted by molar-refractivity contribution is 6.04. The van der Waals surface area contributed by atoms with E-state index >= 15 is 0 Å². The third kappa shape index (κ3) is 4.09. The molecule has 0 spiro atoms. The highest BCUT2D eigenvalue weighted by atomic mass is 16.6. The number of nitrogens with one attached hydrogen (secondary N) is 1. The van der Waals surface area contributed by atoms with Gasteiger partial charge in [-0.3, -0.25) is 20.2 Å². The van der Waals surface area contributed by atoms with Gasteiger partial charge in [-0.1, -0.05) is 6.07 Å². The summed E-state index contributed by atoms with van der Waals surface area (Å²) in [6, 6.07) is 10.9. The van der Waals surface area contributed by atoms with Crippen molar-refractivity contribution in [2.24, 2.45) is 0 Å². The smallest absolute Gasteiger partial charge is 0.270 e. The summed E-state index contributed by atoms with van der Waals surface area (Å²) in [5.41, 5.74) is 1.47. The number of amides is 1. The molecule has 0 radical (unpaired) electrons. The van der Waals surface area contributed by atoms with Crippen molar-refractivity contribution in [2.75, 3.05) is 19.0 Å². The van der Waals surface area contributed by atoms with Gasteiger partial charge in [-0.2, -0.15) is 0 Å². The van der Waals surface area contributed by atoms with Crippen molar-refractivity contribution in [3.63, 3.8) is 0 Å². The van der Waals surface area contributed by atoms with Crippen LogP contribution in [-0.2, 0) is 6.54 Å². The lowest BCUT2D eigenvalue weighted by molar-refractivity contribution is -0.384. The standard InChI is InChI=1S/C19H20N4O5/c1-28-15-7-8-17-16(12-15)20-19(22(17)9-2-3-10-24)21-18(25)13-5-4-6-14(11-13)23(26)27/h4-8,11-12,24H,2-3,9-10H2,1H3,(H,20,21,25). The molecule has 0 bridgehead atoms. The summed E-state index contributed by atoms with van der Waals surface area (Å²) < 4.78 is 7.07. The summed E-state index contributed by atoms with van der Waals surface area (Å²) in [5, 5.41) is 22.7. The van der Waals surface area contributed by atoms with Crippen molar-refractivity contribution in [3.8, 4) is 5.75 Å². The molecule has 146 valence electrons. The van der Waals surface area contributed by atoms with Crippen LogP contribution in [0.5, 0.6) is 5.75 Å². The molecule has 0 atom stereocenters. The molecule has 2 aromatic carbocycles. The van der Waals surface area contributed by atoms with Gasteiger partial charge in [-0.05, 0) is 31.0 Å². The zero-order valence-electron chi connectivity index (χ0n) is 15.3. The number of aliphatic hydroxyl groups excluding tert-OH is 1. The summed E-state index contributed by atoms with van der Waals surface area (Å²) >= 11 is 0. The van der Waals surface area contributed by atoms with Gasteiger partial charge in [0, 0.05) is 36.9 Å². The number of aryl methyl sites for hydroxylation is 1. The summed E-state index contributed by atoms with van der Waals surface area (Å²) in [6.45, 7) is 0.629. The number of benzene rings is 2.